The van der Waals surface area contributed by atoms with Crippen LogP contribution in [0.15, 0.2) is 36.4 Å². The molecule has 1 amide bonds. The number of halogens is 1. The Morgan fingerprint density at radius 3 is 2.29 bits per heavy atom. The average Bonchev–Trinajstić information content (AvgIpc) is 2.57. The standard InChI is InChI=1S/C18H20ClNO4/c1-11-5-7-13(8-6-11)24-12(2)18(21)20-15-10-16(22-3)14(19)9-17(15)23-4/h5-10,12H,1-4H3,(H,20,21). The summed E-state index contributed by atoms with van der Waals surface area (Å²) in [5.74, 6) is 1.21. The third-order valence-electron chi connectivity index (χ3n) is 3.43. The summed E-state index contributed by atoms with van der Waals surface area (Å²) in [6.45, 7) is 3.66. The molecule has 1 atom stereocenters. The Labute approximate surface area is 146 Å². The summed E-state index contributed by atoms with van der Waals surface area (Å²) in [5.41, 5.74) is 1.58. The zero-order valence-electron chi connectivity index (χ0n) is 14.1. The van der Waals surface area contributed by atoms with Crippen molar-refractivity contribution in [2.24, 2.45) is 0 Å². The van der Waals surface area contributed by atoms with Gasteiger partial charge in [0.1, 0.15) is 17.2 Å². The number of hydrogen-bond acceptors (Lipinski definition) is 4. The van der Waals surface area contributed by atoms with E-state index in [4.69, 9.17) is 25.8 Å². The maximum absolute atomic E-state index is 12.4. The molecule has 24 heavy (non-hydrogen) atoms. The number of methoxy groups -OCH3 is 2. The number of hydrogen-bond donors (Lipinski definition) is 1. The number of benzene rings is 2. The summed E-state index contributed by atoms with van der Waals surface area (Å²) in [6.07, 6.45) is -0.681. The summed E-state index contributed by atoms with van der Waals surface area (Å²) in [4.78, 5) is 12.4. The zero-order chi connectivity index (χ0) is 17.7. The molecule has 0 saturated heterocycles. The number of aryl methyl sites for hydroxylation is 1. The monoisotopic (exact) mass is 349 g/mol. The van der Waals surface area contributed by atoms with Gasteiger partial charge in [0, 0.05) is 12.1 Å². The van der Waals surface area contributed by atoms with Gasteiger partial charge in [-0.1, -0.05) is 29.3 Å². The van der Waals surface area contributed by atoms with Crippen LogP contribution in [0, 0.1) is 6.92 Å². The van der Waals surface area contributed by atoms with Crippen LogP contribution in [0.2, 0.25) is 5.02 Å². The maximum atomic E-state index is 12.4. The number of rotatable bonds is 6. The van der Waals surface area contributed by atoms with E-state index in [-0.39, 0.29) is 5.91 Å². The number of carbonyl (C=O) groups is 1. The molecule has 6 heteroatoms. The quantitative estimate of drug-likeness (QED) is 0.854. The largest absolute Gasteiger partial charge is 0.495 e. The van der Waals surface area contributed by atoms with Crippen LogP contribution in [0.3, 0.4) is 0 Å². The van der Waals surface area contributed by atoms with E-state index in [0.717, 1.165) is 5.56 Å². The van der Waals surface area contributed by atoms with Crippen molar-refractivity contribution in [3.8, 4) is 17.2 Å². The Morgan fingerprint density at radius 1 is 1.08 bits per heavy atom. The summed E-state index contributed by atoms with van der Waals surface area (Å²) in [5, 5.41) is 3.17. The fourth-order valence-electron chi connectivity index (χ4n) is 2.07. The molecule has 0 aliphatic heterocycles. The first-order valence-electron chi connectivity index (χ1n) is 7.40. The first-order chi connectivity index (χ1) is 11.4. The highest BCUT2D eigenvalue weighted by Gasteiger charge is 2.18. The highest BCUT2D eigenvalue weighted by molar-refractivity contribution is 6.32. The van der Waals surface area contributed by atoms with E-state index in [1.807, 2.05) is 31.2 Å². The van der Waals surface area contributed by atoms with Crippen molar-refractivity contribution in [3.05, 3.63) is 47.0 Å². The summed E-state index contributed by atoms with van der Waals surface area (Å²) < 4.78 is 16.1. The second-order valence-corrected chi connectivity index (χ2v) is 5.66. The molecule has 0 aliphatic rings. The third kappa shape index (κ3) is 4.32. The van der Waals surface area contributed by atoms with Crippen LogP contribution >= 0.6 is 11.6 Å². The first kappa shape index (κ1) is 17.9. The number of carbonyl (C=O) groups excluding carboxylic acids is 1. The Kier molecular flexibility index (Phi) is 5.93. The summed E-state index contributed by atoms with van der Waals surface area (Å²) >= 11 is 6.06. The highest BCUT2D eigenvalue weighted by Crippen LogP contribution is 2.36. The van der Waals surface area contributed by atoms with Crippen molar-refractivity contribution >= 4 is 23.2 Å². The van der Waals surface area contributed by atoms with Gasteiger partial charge >= 0.3 is 0 Å². The van der Waals surface area contributed by atoms with Gasteiger partial charge in [-0.15, -0.1) is 0 Å². The molecular weight excluding hydrogens is 330 g/mol. The fourth-order valence-corrected chi connectivity index (χ4v) is 2.30. The first-order valence-corrected chi connectivity index (χ1v) is 7.78. The Hall–Kier alpha value is -2.40. The van der Waals surface area contributed by atoms with E-state index in [1.165, 1.54) is 14.2 Å². The van der Waals surface area contributed by atoms with Gasteiger partial charge in [-0.25, -0.2) is 0 Å². The molecule has 1 N–H and O–H groups in total. The normalized spacial score (nSPS) is 11.5. The van der Waals surface area contributed by atoms with Gasteiger partial charge in [-0.05, 0) is 26.0 Å². The molecule has 0 saturated carbocycles. The molecule has 0 aromatic heterocycles. The molecular formula is C18H20ClNO4. The van der Waals surface area contributed by atoms with E-state index in [2.05, 4.69) is 5.32 Å². The molecule has 5 nitrogen and oxygen atoms in total. The average molecular weight is 350 g/mol. The Morgan fingerprint density at radius 2 is 1.71 bits per heavy atom. The van der Waals surface area contributed by atoms with E-state index >= 15 is 0 Å². The van der Waals surface area contributed by atoms with Gasteiger partial charge < -0.3 is 19.5 Å². The number of nitrogens with one attached hydrogen (secondary N) is 1. The van der Waals surface area contributed by atoms with Crippen LogP contribution in [-0.4, -0.2) is 26.2 Å². The minimum absolute atomic E-state index is 0.307. The molecule has 128 valence electrons. The number of ether oxygens (including phenoxy) is 3. The zero-order valence-corrected chi connectivity index (χ0v) is 14.8. The highest BCUT2D eigenvalue weighted by atomic mass is 35.5. The SMILES string of the molecule is COc1cc(NC(=O)C(C)Oc2ccc(C)cc2)c(OC)cc1Cl. The van der Waals surface area contributed by atoms with E-state index in [0.29, 0.717) is 28.0 Å². The molecule has 0 aliphatic carbocycles. The lowest BCUT2D eigenvalue weighted by atomic mass is 10.2. The van der Waals surface area contributed by atoms with Crippen molar-refractivity contribution in [3.63, 3.8) is 0 Å². The Balaban J connectivity index is 2.12. The summed E-state index contributed by atoms with van der Waals surface area (Å²) in [7, 11) is 3.00. The van der Waals surface area contributed by atoms with E-state index < -0.39 is 6.10 Å². The molecule has 1 unspecified atom stereocenters. The van der Waals surface area contributed by atoms with E-state index in [9.17, 15) is 4.79 Å². The van der Waals surface area contributed by atoms with Crippen molar-refractivity contribution < 1.29 is 19.0 Å². The molecule has 0 radical (unpaired) electrons. The van der Waals surface area contributed by atoms with Crippen molar-refractivity contribution in [2.75, 3.05) is 19.5 Å². The third-order valence-corrected chi connectivity index (χ3v) is 3.73. The van der Waals surface area contributed by atoms with Crippen molar-refractivity contribution in [1.29, 1.82) is 0 Å². The van der Waals surface area contributed by atoms with Crippen LogP contribution in [0.25, 0.3) is 0 Å². The predicted octanol–water partition coefficient (Wildman–Crippen LogP) is 4.07. The van der Waals surface area contributed by atoms with Gasteiger partial charge in [0.15, 0.2) is 6.10 Å². The van der Waals surface area contributed by atoms with Crippen molar-refractivity contribution in [2.45, 2.75) is 20.0 Å². The van der Waals surface area contributed by atoms with Crippen LogP contribution < -0.4 is 19.5 Å². The second kappa shape index (κ2) is 7.93. The fraction of sp³-hybridized carbons (Fsp3) is 0.278. The van der Waals surface area contributed by atoms with Crippen LogP contribution in [0.5, 0.6) is 17.2 Å². The lowest BCUT2D eigenvalue weighted by Crippen LogP contribution is -2.30. The topological polar surface area (TPSA) is 56.8 Å². The molecule has 0 fully saturated rings. The molecule has 2 aromatic carbocycles. The van der Waals surface area contributed by atoms with Gasteiger partial charge in [0.2, 0.25) is 0 Å². The van der Waals surface area contributed by atoms with E-state index in [1.54, 1.807) is 19.1 Å². The minimum Gasteiger partial charge on any atom is -0.495 e. The van der Waals surface area contributed by atoms with Gasteiger partial charge in [0.25, 0.3) is 5.91 Å². The van der Waals surface area contributed by atoms with Crippen LogP contribution in [0.1, 0.15) is 12.5 Å². The Bertz CT molecular complexity index is 716. The van der Waals surface area contributed by atoms with Gasteiger partial charge in [-0.3, -0.25) is 4.79 Å². The van der Waals surface area contributed by atoms with Gasteiger partial charge in [0.05, 0.1) is 24.9 Å². The minimum atomic E-state index is -0.681. The lowest BCUT2D eigenvalue weighted by molar-refractivity contribution is -0.122. The van der Waals surface area contributed by atoms with Crippen LogP contribution in [-0.2, 0) is 4.79 Å². The number of anilines is 1. The predicted molar refractivity (Wildman–Crippen MR) is 94.5 cm³/mol. The smallest absolute Gasteiger partial charge is 0.265 e. The molecule has 0 heterocycles. The van der Waals surface area contributed by atoms with Crippen LogP contribution in [0.4, 0.5) is 5.69 Å². The van der Waals surface area contributed by atoms with Gasteiger partial charge in [-0.2, -0.15) is 0 Å². The van der Waals surface area contributed by atoms with Crippen molar-refractivity contribution in [1.82, 2.24) is 0 Å². The second-order valence-electron chi connectivity index (χ2n) is 5.25. The molecule has 0 bridgehead atoms. The maximum Gasteiger partial charge on any atom is 0.265 e. The molecule has 2 aromatic rings. The summed E-state index contributed by atoms with van der Waals surface area (Å²) in [6, 6.07) is 10.7. The molecule has 2 rings (SSSR count). The number of amides is 1. The lowest BCUT2D eigenvalue weighted by Gasteiger charge is -2.17. The molecule has 0 spiro atoms.